The molecule has 0 aromatic heterocycles. The number of likely N-dealkylation sites (tertiary alicyclic amines) is 1. The molecule has 0 N–H and O–H groups in total. The van der Waals surface area contributed by atoms with Crippen molar-refractivity contribution in [2.75, 3.05) is 31.6 Å². The Balaban J connectivity index is 2.41. The van der Waals surface area contributed by atoms with Crippen molar-refractivity contribution in [1.82, 2.24) is 4.90 Å². The summed E-state index contributed by atoms with van der Waals surface area (Å²) in [5, 5.41) is 0. The fraction of sp³-hybridized carbons (Fsp3) is 1.00. The first kappa shape index (κ1) is 10.4. The summed E-state index contributed by atoms with van der Waals surface area (Å²) in [4.78, 5) is 2.47. The van der Waals surface area contributed by atoms with Crippen LogP contribution < -0.4 is 0 Å². The first-order valence-corrected chi connectivity index (χ1v) is 6.14. The molecule has 1 nitrogen and oxygen atoms in total. The minimum Gasteiger partial charge on any atom is -0.306 e. The summed E-state index contributed by atoms with van der Waals surface area (Å²) in [5.74, 6) is 2.63. The van der Waals surface area contributed by atoms with Crippen LogP contribution in [0.5, 0.6) is 0 Å². The Morgan fingerprint density at radius 1 is 1.42 bits per heavy atom. The van der Waals surface area contributed by atoms with Gasteiger partial charge in [0.05, 0.1) is 0 Å². The maximum absolute atomic E-state index is 2.47. The van der Waals surface area contributed by atoms with Crippen molar-refractivity contribution >= 4 is 11.8 Å². The molecule has 0 aromatic rings. The average Bonchev–Trinajstić information content (AvgIpc) is 2.45. The number of rotatable bonds is 4. The van der Waals surface area contributed by atoms with Crippen molar-refractivity contribution in [3.63, 3.8) is 0 Å². The second-order valence-electron chi connectivity index (χ2n) is 3.98. The highest BCUT2D eigenvalue weighted by Crippen LogP contribution is 2.36. The monoisotopic (exact) mass is 187 g/mol. The van der Waals surface area contributed by atoms with E-state index >= 15 is 0 Å². The van der Waals surface area contributed by atoms with E-state index in [-0.39, 0.29) is 0 Å². The second-order valence-corrected chi connectivity index (χ2v) is 5.25. The van der Waals surface area contributed by atoms with E-state index in [9.17, 15) is 0 Å². The molecule has 0 radical (unpaired) electrons. The first-order valence-electron chi connectivity index (χ1n) is 4.99. The molecule has 0 bridgehead atoms. The molecule has 1 aliphatic rings. The molecule has 1 saturated heterocycles. The van der Waals surface area contributed by atoms with E-state index < -0.39 is 0 Å². The van der Waals surface area contributed by atoms with Gasteiger partial charge in [0.1, 0.15) is 0 Å². The van der Waals surface area contributed by atoms with Crippen LogP contribution in [0.1, 0.15) is 26.7 Å². The van der Waals surface area contributed by atoms with Gasteiger partial charge in [-0.25, -0.2) is 0 Å². The van der Waals surface area contributed by atoms with E-state index in [1.165, 1.54) is 37.4 Å². The van der Waals surface area contributed by atoms with Crippen molar-refractivity contribution in [3.05, 3.63) is 0 Å². The predicted octanol–water partition coefficient (Wildman–Crippen LogP) is 2.47. The molecule has 0 aliphatic carbocycles. The molecule has 1 atom stereocenters. The van der Waals surface area contributed by atoms with Gasteiger partial charge in [0.15, 0.2) is 0 Å². The van der Waals surface area contributed by atoms with E-state index in [1.807, 2.05) is 0 Å². The van der Waals surface area contributed by atoms with Crippen LogP contribution in [0, 0.1) is 5.41 Å². The normalized spacial score (nSPS) is 31.2. The van der Waals surface area contributed by atoms with Gasteiger partial charge in [0, 0.05) is 12.3 Å². The minimum atomic E-state index is 0.648. The Labute approximate surface area is 80.9 Å². The van der Waals surface area contributed by atoms with Gasteiger partial charge in [-0.15, -0.1) is 0 Å². The zero-order valence-electron chi connectivity index (χ0n) is 8.60. The van der Waals surface area contributed by atoms with Crippen LogP contribution in [0.15, 0.2) is 0 Å². The molecule has 0 aromatic carbocycles. The third kappa shape index (κ3) is 2.40. The standard InChI is InChI=1S/C10H21NS/c1-4-10(9-12-5-2)6-7-11(3)8-10/h4-9H2,1-3H3. The van der Waals surface area contributed by atoms with Crippen molar-refractivity contribution < 1.29 is 0 Å². The van der Waals surface area contributed by atoms with Crippen molar-refractivity contribution in [2.45, 2.75) is 26.7 Å². The highest BCUT2D eigenvalue weighted by molar-refractivity contribution is 7.99. The molecule has 12 heavy (non-hydrogen) atoms. The molecule has 0 amide bonds. The quantitative estimate of drug-likeness (QED) is 0.665. The average molecular weight is 187 g/mol. The molecular weight excluding hydrogens is 166 g/mol. The Bertz CT molecular complexity index is 138. The van der Waals surface area contributed by atoms with Gasteiger partial charge in [-0.3, -0.25) is 0 Å². The number of hydrogen-bond acceptors (Lipinski definition) is 2. The Kier molecular flexibility index (Phi) is 3.91. The van der Waals surface area contributed by atoms with E-state index in [2.05, 4.69) is 37.6 Å². The summed E-state index contributed by atoms with van der Waals surface area (Å²) >= 11 is 2.10. The molecule has 2 heteroatoms. The topological polar surface area (TPSA) is 3.24 Å². The van der Waals surface area contributed by atoms with Crippen LogP contribution in [0.25, 0.3) is 0 Å². The third-order valence-corrected chi connectivity index (χ3v) is 4.22. The van der Waals surface area contributed by atoms with E-state index in [0.717, 1.165) is 0 Å². The van der Waals surface area contributed by atoms with Gasteiger partial charge in [-0.05, 0) is 37.6 Å². The molecule has 0 spiro atoms. The molecule has 1 aliphatic heterocycles. The molecule has 1 rings (SSSR count). The molecule has 1 heterocycles. The van der Waals surface area contributed by atoms with Crippen LogP contribution in [0.4, 0.5) is 0 Å². The van der Waals surface area contributed by atoms with Gasteiger partial charge < -0.3 is 4.90 Å². The second kappa shape index (κ2) is 4.52. The fourth-order valence-corrected chi connectivity index (χ4v) is 3.06. The summed E-state index contributed by atoms with van der Waals surface area (Å²) in [6.07, 6.45) is 2.76. The number of nitrogens with zero attached hydrogens (tertiary/aromatic N) is 1. The Morgan fingerprint density at radius 2 is 2.17 bits per heavy atom. The fourth-order valence-electron chi connectivity index (χ4n) is 1.99. The van der Waals surface area contributed by atoms with Crippen LogP contribution >= 0.6 is 11.8 Å². The zero-order chi connectivity index (χ0) is 9.03. The van der Waals surface area contributed by atoms with Crippen molar-refractivity contribution in [3.8, 4) is 0 Å². The Morgan fingerprint density at radius 3 is 2.58 bits per heavy atom. The van der Waals surface area contributed by atoms with Gasteiger partial charge in [-0.1, -0.05) is 13.8 Å². The number of thioether (sulfide) groups is 1. The third-order valence-electron chi connectivity index (χ3n) is 2.99. The molecular formula is C10H21NS. The van der Waals surface area contributed by atoms with Gasteiger partial charge in [0.2, 0.25) is 0 Å². The lowest BCUT2D eigenvalue weighted by molar-refractivity contribution is 0.307. The maximum atomic E-state index is 2.47. The maximum Gasteiger partial charge on any atom is 0.00432 e. The van der Waals surface area contributed by atoms with Crippen LogP contribution in [0.3, 0.4) is 0 Å². The summed E-state index contributed by atoms with van der Waals surface area (Å²) in [7, 11) is 2.24. The number of hydrogen-bond donors (Lipinski definition) is 0. The van der Waals surface area contributed by atoms with E-state index in [0.29, 0.717) is 5.41 Å². The summed E-state index contributed by atoms with van der Waals surface area (Å²) in [6, 6.07) is 0. The molecule has 72 valence electrons. The van der Waals surface area contributed by atoms with Gasteiger partial charge in [-0.2, -0.15) is 11.8 Å². The smallest absolute Gasteiger partial charge is 0.00432 e. The summed E-state index contributed by atoms with van der Waals surface area (Å²) < 4.78 is 0. The van der Waals surface area contributed by atoms with Crippen LogP contribution in [0.2, 0.25) is 0 Å². The lowest BCUT2D eigenvalue weighted by Crippen LogP contribution is -2.26. The van der Waals surface area contributed by atoms with Gasteiger partial charge in [0.25, 0.3) is 0 Å². The lowest BCUT2D eigenvalue weighted by Gasteiger charge is -2.26. The van der Waals surface area contributed by atoms with Crippen LogP contribution in [-0.2, 0) is 0 Å². The first-order chi connectivity index (χ1) is 5.72. The largest absolute Gasteiger partial charge is 0.306 e. The van der Waals surface area contributed by atoms with Crippen LogP contribution in [-0.4, -0.2) is 36.5 Å². The summed E-state index contributed by atoms with van der Waals surface area (Å²) in [5.41, 5.74) is 0.648. The Hall–Kier alpha value is 0.310. The minimum absolute atomic E-state index is 0.648. The molecule has 1 fully saturated rings. The summed E-state index contributed by atoms with van der Waals surface area (Å²) in [6.45, 7) is 7.22. The highest BCUT2D eigenvalue weighted by Gasteiger charge is 2.34. The SMILES string of the molecule is CCSCC1(CC)CCN(C)C1. The molecule has 0 saturated carbocycles. The zero-order valence-corrected chi connectivity index (χ0v) is 9.41. The van der Waals surface area contributed by atoms with Crippen molar-refractivity contribution in [2.24, 2.45) is 5.41 Å². The van der Waals surface area contributed by atoms with E-state index in [1.54, 1.807) is 0 Å². The lowest BCUT2D eigenvalue weighted by atomic mass is 9.87. The highest BCUT2D eigenvalue weighted by atomic mass is 32.2. The van der Waals surface area contributed by atoms with E-state index in [4.69, 9.17) is 0 Å². The molecule has 1 unspecified atom stereocenters. The predicted molar refractivity (Wildman–Crippen MR) is 57.8 cm³/mol. The van der Waals surface area contributed by atoms with Gasteiger partial charge >= 0.3 is 0 Å². The van der Waals surface area contributed by atoms with Crippen molar-refractivity contribution in [1.29, 1.82) is 0 Å².